The van der Waals surface area contributed by atoms with E-state index >= 15 is 0 Å². The number of benzene rings is 2. The lowest BCUT2D eigenvalue weighted by molar-refractivity contribution is -0.138. The zero-order valence-corrected chi connectivity index (χ0v) is 13.1. The van der Waals surface area contributed by atoms with Crippen LogP contribution in [-0.4, -0.2) is 35.6 Å². The summed E-state index contributed by atoms with van der Waals surface area (Å²) in [5, 5.41) is 8.96. The van der Waals surface area contributed by atoms with Crippen LogP contribution in [0.25, 0.3) is 11.1 Å². The quantitative estimate of drug-likeness (QED) is 0.942. The Morgan fingerprint density at radius 1 is 0.957 bits per heavy atom. The first-order valence-electron chi connectivity index (χ1n) is 8.36. The fraction of sp³-hybridized carbons (Fsp3) is 0.350. The molecule has 118 valence electrons. The van der Waals surface area contributed by atoms with Crippen molar-refractivity contribution in [3.63, 3.8) is 0 Å². The SMILES string of the molecule is O=C(O)CN1CCC(C2c3ccccc3-c3ccccc32)CC1. The van der Waals surface area contributed by atoms with Crippen molar-refractivity contribution in [1.29, 1.82) is 0 Å². The Morgan fingerprint density at radius 3 is 2.00 bits per heavy atom. The Balaban J connectivity index is 1.61. The highest BCUT2D eigenvalue weighted by molar-refractivity contribution is 5.78. The van der Waals surface area contributed by atoms with Crippen molar-refractivity contribution in [2.45, 2.75) is 18.8 Å². The van der Waals surface area contributed by atoms with Crippen LogP contribution in [0, 0.1) is 5.92 Å². The number of hydrogen-bond donors (Lipinski definition) is 1. The van der Waals surface area contributed by atoms with Crippen LogP contribution in [0.2, 0.25) is 0 Å². The molecule has 3 heteroatoms. The lowest BCUT2D eigenvalue weighted by Gasteiger charge is -2.34. The zero-order valence-electron chi connectivity index (χ0n) is 13.1. The molecular weight excluding hydrogens is 286 g/mol. The van der Waals surface area contributed by atoms with Gasteiger partial charge in [-0.25, -0.2) is 0 Å². The standard InChI is InChI=1S/C20H21NO2/c22-19(23)13-21-11-9-14(10-12-21)20-17-7-3-1-5-15(17)16-6-2-4-8-18(16)20/h1-8,14,20H,9-13H2,(H,22,23). The molecule has 1 heterocycles. The van der Waals surface area contributed by atoms with Gasteiger partial charge in [0.2, 0.25) is 0 Å². The van der Waals surface area contributed by atoms with Gasteiger partial charge in [0.25, 0.3) is 0 Å². The summed E-state index contributed by atoms with van der Waals surface area (Å²) in [4.78, 5) is 13.0. The molecule has 2 aromatic carbocycles. The largest absolute Gasteiger partial charge is 0.480 e. The van der Waals surface area contributed by atoms with Crippen LogP contribution in [0.1, 0.15) is 29.9 Å². The smallest absolute Gasteiger partial charge is 0.317 e. The van der Waals surface area contributed by atoms with E-state index in [-0.39, 0.29) is 6.54 Å². The van der Waals surface area contributed by atoms with E-state index in [0.717, 1.165) is 25.9 Å². The van der Waals surface area contributed by atoms with Gasteiger partial charge in [0.1, 0.15) is 0 Å². The molecule has 0 unspecified atom stereocenters. The van der Waals surface area contributed by atoms with Gasteiger partial charge in [-0.1, -0.05) is 48.5 Å². The summed E-state index contributed by atoms with van der Waals surface area (Å²) in [6.07, 6.45) is 2.14. The van der Waals surface area contributed by atoms with Crippen molar-refractivity contribution in [2.75, 3.05) is 19.6 Å². The van der Waals surface area contributed by atoms with Gasteiger partial charge in [-0.3, -0.25) is 9.69 Å². The zero-order chi connectivity index (χ0) is 15.8. The number of carboxylic acids is 1. The predicted molar refractivity (Wildman–Crippen MR) is 90.5 cm³/mol. The molecule has 23 heavy (non-hydrogen) atoms. The lowest BCUT2D eigenvalue weighted by atomic mass is 9.78. The van der Waals surface area contributed by atoms with Crippen molar-refractivity contribution in [1.82, 2.24) is 4.90 Å². The number of piperidine rings is 1. The Labute approximate surface area is 136 Å². The highest BCUT2D eigenvalue weighted by Crippen LogP contribution is 2.50. The van der Waals surface area contributed by atoms with Crippen molar-refractivity contribution in [3.8, 4) is 11.1 Å². The Hall–Kier alpha value is -2.13. The van der Waals surface area contributed by atoms with Crippen LogP contribution in [0.5, 0.6) is 0 Å². The van der Waals surface area contributed by atoms with Crippen LogP contribution in [0.4, 0.5) is 0 Å². The number of nitrogens with zero attached hydrogens (tertiary/aromatic N) is 1. The first-order chi connectivity index (χ1) is 11.2. The highest BCUT2D eigenvalue weighted by atomic mass is 16.4. The van der Waals surface area contributed by atoms with Gasteiger partial charge in [0.05, 0.1) is 6.54 Å². The summed E-state index contributed by atoms with van der Waals surface area (Å²) in [5.74, 6) is 0.347. The van der Waals surface area contributed by atoms with Gasteiger partial charge in [-0.05, 0) is 54.1 Å². The number of rotatable bonds is 3. The summed E-state index contributed by atoms with van der Waals surface area (Å²) in [6, 6.07) is 17.5. The summed E-state index contributed by atoms with van der Waals surface area (Å²) in [7, 11) is 0. The second-order valence-electron chi connectivity index (χ2n) is 6.66. The van der Waals surface area contributed by atoms with E-state index in [1.54, 1.807) is 0 Å². The molecule has 2 aromatic rings. The maximum Gasteiger partial charge on any atom is 0.317 e. The molecule has 1 aliphatic carbocycles. The first kappa shape index (κ1) is 14.5. The number of carbonyl (C=O) groups is 1. The average molecular weight is 307 g/mol. The minimum Gasteiger partial charge on any atom is -0.480 e. The number of likely N-dealkylation sites (tertiary alicyclic amines) is 1. The monoisotopic (exact) mass is 307 g/mol. The van der Waals surface area contributed by atoms with E-state index < -0.39 is 5.97 Å². The molecule has 2 aliphatic rings. The third-order valence-corrected chi connectivity index (χ3v) is 5.34. The van der Waals surface area contributed by atoms with Crippen LogP contribution in [-0.2, 0) is 4.79 Å². The van der Waals surface area contributed by atoms with E-state index in [4.69, 9.17) is 5.11 Å². The summed E-state index contributed by atoms with van der Waals surface area (Å²) >= 11 is 0. The van der Waals surface area contributed by atoms with Gasteiger partial charge >= 0.3 is 5.97 Å². The molecule has 1 saturated heterocycles. The highest BCUT2D eigenvalue weighted by Gasteiger charge is 2.35. The summed E-state index contributed by atoms with van der Waals surface area (Å²) in [5.41, 5.74) is 5.65. The number of hydrogen-bond acceptors (Lipinski definition) is 2. The predicted octanol–water partition coefficient (Wildman–Crippen LogP) is 3.60. The number of aliphatic carboxylic acids is 1. The van der Waals surface area contributed by atoms with Gasteiger partial charge < -0.3 is 5.11 Å². The van der Waals surface area contributed by atoms with Crippen molar-refractivity contribution < 1.29 is 9.90 Å². The molecule has 1 fully saturated rings. The lowest BCUT2D eigenvalue weighted by Crippen LogP contribution is -2.38. The third-order valence-electron chi connectivity index (χ3n) is 5.34. The van der Waals surface area contributed by atoms with Crippen LogP contribution in [0.3, 0.4) is 0 Å². The molecule has 0 aromatic heterocycles. The Kier molecular flexibility index (Phi) is 3.66. The first-order valence-corrected chi connectivity index (χ1v) is 8.36. The molecule has 4 rings (SSSR count). The fourth-order valence-electron chi connectivity index (χ4n) is 4.34. The van der Waals surface area contributed by atoms with Gasteiger partial charge in [0.15, 0.2) is 0 Å². The van der Waals surface area contributed by atoms with Crippen LogP contribution < -0.4 is 0 Å². The van der Waals surface area contributed by atoms with E-state index in [2.05, 4.69) is 53.4 Å². The minimum atomic E-state index is -0.722. The second kappa shape index (κ2) is 5.82. The molecule has 1 N–H and O–H groups in total. The van der Waals surface area contributed by atoms with E-state index in [0.29, 0.717) is 11.8 Å². The van der Waals surface area contributed by atoms with Crippen molar-refractivity contribution in [2.24, 2.45) is 5.92 Å². The second-order valence-corrected chi connectivity index (χ2v) is 6.66. The van der Waals surface area contributed by atoms with Crippen LogP contribution >= 0.6 is 0 Å². The molecule has 1 aliphatic heterocycles. The van der Waals surface area contributed by atoms with E-state index in [9.17, 15) is 4.79 Å². The van der Waals surface area contributed by atoms with Gasteiger partial charge in [-0.2, -0.15) is 0 Å². The fourth-order valence-corrected chi connectivity index (χ4v) is 4.34. The molecule has 0 bridgehead atoms. The van der Waals surface area contributed by atoms with Crippen LogP contribution in [0.15, 0.2) is 48.5 Å². The Bertz CT molecular complexity index is 686. The Morgan fingerprint density at radius 2 is 1.48 bits per heavy atom. The minimum absolute atomic E-state index is 0.171. The average Bonchev–Trinajstić information content (AvgIpc) is 2.90. The summed E-state index contributed by atoms with van der Waals surface area (Å²) in [6.45, 7) is 1.94. The summed E-state index contributed by atoms with van der Waals surface area (Å²) < 4.78 is 0. The van der Waals surface area contributed by atoms with Crippen molar-refractivity contribution >= 4 is 5.97 Å². The van der Waals surface area contributed by atoms with E-state index in [1.165, 1.54) is 22.3 Å². The molecule has 0 saturated carbocycles. The van der Waals surface area contributed by atoms with Crippen molar-refractivity contribution in [3.05, 3.63) is 59.7 Å². The van der Waals surface area contributed by atoms with E-state index in [1.807, 2.05) is 0 Å². The number of fused-ring (bicyclic) bond motifs is 3. The van der Waals surface area contributed by atoms with Gasteiger partial charge in [0, 0.05) is 5.92 Å². The normalized spacial score (nSPS) is 18.6. The maximum atomic E-state index is 10.9. The van der Waals surface area contributed by atoms with Gasteiger partial charge in [-0.15, -0.1) is 0 Å². The maximum absolute atomic E-state index is 10.9. The molecule has 3 nitrogen and oxygen atoms in total. The molecule has 0 amide bonds. The third kappa shape index (κ3) is 2.55. The molecule has 0 spiro atoms. The molecule has 0 atom stereocenters. The topological polar surface area (TPSA) is 40.5 Å². The molecule has 0 radical (unpaired) electrons. The number of carboxylic acid groups (broad SMARTS) is 1. The molecular formula is C20H21NO2.